The number of benzene rings is 8. The Labute approximate surface area is 325 Å². The summed E-state index contributed by atoms with van der Waals surface area (Å²) >= 11 is 0. The van der Waals surface area contributed by atoms with Crippen molar-refractivity contribution in [3.63, 3.8) is 0 Å². The maximum atomic E-state index is 6.55. The fourth-order valence-corrected chi connectivity index (χ4v) is 8.31. The summed E-state index contributed by atoms with van der Waals surface area (Å²) in [5.41, 5.74) is 11.7. The maximum Gasteiger partial charge on any atom is 0.164 e. The first-order valence-electron chi connectivity index (χ1n) is 19.0. The Hall–Kier alpha value is -7.83. The van der Waals surface area contributed by atoms with Crippen molar-refractivity contribution >= 4 is 65.7 Å². The van der Waals surface area contributed by atoms with Crippen molar-refractivity contribution in [2.24, 2.45) is 0 Å². The monoisotopic (exact) mass is 730 g/mol. The minimum absolute atomic E-state index is 0.595. The number of nitrogens with zero attached hydrogens (tertiary/aromatic N) is 4. The molecule has 12 rings (SSSR count). The van der Waals surface area contributed by atoms with Gasteiger partial charge in [-0.15, -0.1) is 0 Å². The quantitative estimate of drug-likeness (QED) is 0.176. The van der Waals surface area contributed by atoms with Crippen LogP contribution in [0.2, 0.25) is 0 Å². The van der Waals surface area contributed by atoms with Gasteiger partial charge in [-0.1, -0.05) is 115 Å². The lowest BCUT2D eigenvalue weighted by atomic mass is 10.0. The van der Waals surface area contributed by atoms with Crippen molar-refractivity contribution in [2.75, 3.05) is 0 Å². The van der Waals surface area contributed by atoms with Gasteiger partial charge in [0, 0.05) is 54.7 Å². The van der Waals surface area contributed by atoms with Crippen LogP contribution in [0.25, 0.3) is 117 Å². The van der Waals surface area contributed by atoms with Crippen molar-refractivity contribution in [3.05, 3.63) is 182 Å². The summed E-state index contributed by atoms with van der Waals surface area (Å²) in [6.07, 6.45) is 0. The zero-order valence-electron chi connectivity index (χ0n) is 30.4. The minimum Gasteiger partial charge on any atom is -0.456 e. The van der Waals surface area contributed by atoms with E-state index in [2.05, 4.69) is 114 Å². The third-order valence-corrected chi connectivity index (χ3v) is 11.0. The Bertz CT molecular complexity index is 3450. The van der Waals surface area contributed by atoms with E-state index in [0.717, 1.165) is 77.3 Å². The van der Waals surface area contributed by atoms with E-state index in [1.165, 1.54) is 21.9 Å². The first-order valence-corrected chi connectivity index (χ1v) is 19.0. The highest BCUT2D eigenvalue weighted by molar-refractivity contribution is 6.16. The standard InChI is InChI=1S/C51H30N4O2/c1-4-12-31(13-5-1)34-20-23-44-38(26-34)37-18-10-11-19-43(37)55(44)36-22-25-46-40(28-36)42-30-47-41(29-48(42)57-46)39-27-35(21-24-45(39)56-47)51-53-49(32-14-6-2-7-15-32)52-50(54-51)33-16-8-3-9-17-33/h1-30H. The van der Waals surface area contributed by atoms with Crippen LogP contribution in [0.4, 0.5) is 0 Å². The minimum atomic E-state index is 0.595. The molecule has 6 nitrogen and oxygen atoms in total. The predicted octanol–water partition coefficient (Wildman–Crippen LogP) is 13.4. The Morgan fingerprint density at radius 1 is 0.298 bits per heavy atom. The maximum absolute atomic E-state index is 6.55. The van der Waals surface area contributed by atoms with E-state index in [-0.39, 0.29) is 0 Å². The van der Waals surface area contributed by atoms with Crippen LogP contribution in [0.15, 0.2) is 191 Å². The third-order valence-electron chi connectivity index (χ3n) is 11.0. The smallest absolute Gasteiger partial charge is 0.164 e. The summed E-state index contributed by atoms with van der Waals surface area (Å²) < 4.78 is 15.4. The summed E-state index contributed by atoms with van der Waals surface area (Å²) in [6, 6.07) is 62.8. The predicted molar refractivity (Wildman–Crippen MR) is 230 cm³/mol. The molecule has 0 aliphatic rings. The highest BCUT2D eigenvalue weighted by Gasteiger charge is 2.19. The van der Waals surface area contributed by atoms with E-state index in [4.69, 9.17) is 23.8 Å². The van der Waals surface area contributed by atoms with Gasteiger partial charge in [0.1, 0.15) is 22.3 Å². The van der Waals surface area contributed by atoms with Crippen LogP contribution < -0.4 is 0 Å². The molecular formula is C51H30N4O2. The molecule has 0 bridgehead atoms. The van der Waals surface area contributed by atoms with Gasteiger partial charge in [0.2, 0.25) is 0 Å². The van der Waals surface area contributed by atoms with Gasteiger partial charge in [0.25, 0.3) is 0 Å². The lowest BCUT2D eigenvalue weighted by Crippen LogP contribution is -2.00. The molecule has 0 radical (unpaired) electrons. The molecule has 0 spiro atoms. The molecule has 0 aliphatic heterocycles. The summed E-state index contributed by atoms with van der Waals surface area (Å²) in [4.78, 5) is 14.8. The molecule has 266 valence electrons. The molecule has 0 aliphatic carbocycles. The van der Waals surface area contributed by atoms with Crippen LogP contribution >= 0.6 is 0 Å². The molecule has 0 atom stereocenters. The molecule has 4 heterocycles. The average Bonchev–Trinajstić information content (AvgIpc) is 3.94. The van der Waals surface area contributed by atoms with Crippen LogP contribution in [-0.4, -0.2) is 19.5 Å². The topological polar surface area (TPSA) is 69.9 Å². The van der Waals surface area contributed by atoms with E-state index < -0.39 is 0 Å². The Morgan fingerprint density at radius 3 is 1.42 bits per heavy atom. The van der Waals surface area contributed by atoms with Gasteiger partial charge >= 0.3 is 0 Å². The number of furan rings is 2. The molecule has 0 amide bonds. The van der Waals surface area contributed by atoms with Crippen molar-refractivity contribution < 1.29 is 8.83 Å². The molecule has 0 N–H and O–H groups in total. The Balaban J connectivity index is 0.992. The van der Waals surface area contributed by atoms with E-state index in [0.29, 0.717) is 17.5 Å². The van der Waals surface area contributed by atoms with E-state index in [1.54, 1.807) is 0 Å². The largest absolute Gasteiger partial charge is 0.456 e. The highest BCUT2D eigenvalue weighted by atomic mass is 16.3. The fourth-order valence-electron chi connectivity index (χ4n) is 8.31. The molecule has 0 saturated carbocycles. The number of fused-ring (bicyclic) bond motifs is 9. The lowest BCUT2D eigenvalue weighted by Gasteiger charge is -2.08. The Kier molecular flexibility index (Phi) is 6.83. The number of hydrogen-bond donors (Lipinski definition) is 0. The molecule has 6 heteroatoms. The van der Waals surface area contributed by atoms with Crippen LogP contribution in [-0.2, 0) is 0 Å². The van der Waals surface area contributed by atoms with Crippen molar-refractivity contribution in [1.29, 1.82) is 0 Å². The summed E-state index contributed by atoms with van der Waals surface area (Å²) in [5, 5.41) is 6.41. The van der Waals surface area contributed by atoms with Crippen LogP contribution in [0, 0.1) is 0 Å². The number of aromatic nitrogens is 4. The van der Waals surface area contributed by atoms with Crippen LogP contribution in [0.1, 0.15) is 0 Å². The van der Waals surface area contributed by atoms with Gasteiger partial charge in [-0.2, -0.15) is 0 Å². The number of hydrogen-bond acceptors (Lipinski definition) is 5. The van der Waals surface area contributed by atoms with E-state index >= 15 is 0 Å². The molecule has 0 fully saturated rings. The average molecular weight is 731 g/mol. The molecule has 0 unspecified atom stereocenters. The summed E-state index contributed by atoms with van der Waals surface area (Å²) in [7, 11) is 0. The third kappa shape index (κ3) is 5.08. The highest BCUT2D eigenvalue weighted by Crippen LogP contribution is 2.40. The van der Waals surface area contributed by atoms with Crippen molar-refractivity contribution in [1.82, 2.24) is 19.5 Å². The number of rotatable bonds is 5. The summed E-state index contributed by atoms with van der Waals surface area (Å²) in [5.74, 6) is 1.84. The van der Waals surface area contributed by atoms with Gasteiger partial charge in [-0.3, -0.25) is 0 Å². The number of para-hydroxylation sites is 1. The molecule has 12 aromatic rings. The van der Waals surface area contributed by atoms with Crippen LogP contribution in [0.3, 0.4) is 0 Å². The normalized spacial score (nSPS) is 11.9. The summed E-state index contributed by atoms with van der Waals surface area (Å²) in [6.45, 7) is 0. The first kappa shape index (κ1) is 31.5. The SMILES string of the molecule is c1ccc(-c2ccc3c(c2)c2ccccc2n3-c2ccc3oc4cc5c(cc4c3c2)oc2ccc(-c3nc(-c4ccccc4)nc(-c4ccccc4)n3)cc25)cc1. The Morgan fingerprint density at radius 2 is 0.772 bits per heavy atom. The second-order valence-corrected chi connectivity index (χ2v) is 14.4. The van der Waals surface area contributed by atoms with E-state index in [1.807, 2.05) is 72.8 Å². The van der Waals surface area contributed by atoms with Crippen LogP contribution in [0.5, 0.6) is 0 Å². The second kappa shape index (κ2) is 12.3. The van der Waals surface area contributed by atoms with Crippen molar-refractivity contribution in [3.8, 4) is 51.0 Å². The fraction of sp³-hybridized carbons (Fsp3) is 0. The van der Waals surface area contributed by atoms with Crippen molar-refractivity contribution in [2.45, 2.75) is 0 Å². The van der Waals surface area contributed by atoms with Gasteiger partial charge in [-0.25, -0.2) is 15.0 Å². The zero-order chi connectivity index (χ0) is 37.5. The van der Waals surface area contributed by atoms with Gasteiger partial charge in [0.05, 0.1) is 11.0 Å². The first-order chi connectivity index (χ1) is 28.2. The molecular weight excluding hydrogens is 701 g/mol. The van der Waals surface area contributed by atoms with Gasteiger partial charge in [0.15, 0.2) is 17.5 Å². The molecule has 8 aromatic carbocycles. The lowest BCUT2D eigenvalue weighted by molar-refractivity contribution is 0.664. The molecule has 0 saturated heterocycles. The molecule has 4 aromatic heterocycles. The van der Waals surface area contributed by atoms with Gasteiger partial charge in [-0.05, 0) is 77.9 Å². The zero-order valence-corrected chi connectivity index (χ0v) is 30.4. The van der Waals surface area contributed by atoms with E-state index in [9.17, 15) is 0 Å². The second-order valence-electron chi connectivity index (χ2n) is 14.4. The molecule has 57 heavy (non-hydrogen) atoms. The van der Waals surface area contributed by atoms with Gasteiger partial charge < -0.3 is 13.4 Å².